The molecular weight excluding hydrogens is 647 g/mol. The van der Waals surface area contributed by atoms with Crippen molar-refractivity contribution in [2.75, 3.05) is 12.4 Å². The molecule has 2 heterocycles. The number of hydrogen-bond donors (Lipinski definition) is 1. The highest BCUT2D eigenvalue weighted by Gasteiger charge is 2.37. The maximum atomic E-state index is 13.3. The second kappa shape index (κ2) is 12.1. The molecule has 0 radical (unpaired) electrons. The third kappa shape index (κ3) is 5.73. The van der Waals surface area contributed by atoms with Crippen molar-refractivity contribution in [3.05, 3.63) is 103 Å². The summed E-state index contributed by atoms with van der Waals surface area (Å²) in [5.74, 6) is 2.39. The van der Waals surface area contributed by atoms with Gasteiger partial charge in [0.1, 0.15) is 12.6 Å². The van der Waals surface area contributed by atoms with E-state index >= 15 is 0 Å². The Bertz CT molecular complexity index is 1680. The van der Waals surface area contributed by atoms with Gasteiger partial charge in [-0.1, -0.05) is 71.4 Å². The molecule has 1 atom stereocenters. The first-order valence-electron chi connectivity index (χ1n) is 13.0. The molecule has 0 spiro atoms. The fourth-order valence-corrected chi connectivity index (χ4v) is 6.95. The number of benzene rings is 3. The normalized spacial score (nSPS) is 16.2. The number of allylic oxidation sites excluding steroid dienone is 2. The quantitative estimate of drug-likeness (QED) is 0.189. The summed E-state index contributed by atoms with van der Waals surface area (Å²) in [6, 6.07) is 18.7. The van der Waals surface area contributed by atoms with E-state index in [-0.39, 0.29) is 12.4 Å². The molecule has 1 aliphatic heterocycles. The molecule has 0 fully saturated rings. The van der Waals surface area contributed by atoms with Crippen molar-refractivity contribution in [1.82, 2.24) is 14.8 Å². The summed E-state index contributed by atoms with van der Waals surface area (Å²) in [6.45, 7) is 0.272. The predicted molar refractivity (Wildman–Crippen MR) is 165 cm³/mol. The Labute approximate surface area is 260 Å². The number of fused-ring (bicyclic) bond motifs is 1. The van der Waals surface area contributed by atoms with Crippen LogP contribution in [0.15, 0.2) is 81.6 Å². The Balaban J connectivity index is 1.35. The average molecular weight is 672 g/mol. The highest BCUT2D eigenvalue weighted by Crippen LogP contribution is 2.45. The van der Waals surface area contributed by atoms with Crippen LogP contribution in [0.3, 0.4) is 0 Å². The zero-order chi connectivity index (χ0) is 28.5. The van der Waals surface area contributed by atoms with Gasteiger partial charge in [0.05, 0.1) is 11.6 Å². The first-order valence-corrected chi connectivity index (χ1v) is 15.6. The van der Waals surface area contributed by atoms with Gasteiger partial charge in [-0.25, -0.2) is 4.68 Å². The van der Waals surface area contributed by atoms with Crippen molar-refractivity contribution in [1.29, 1.82) is 0 Å². The highest BCUT2D eigenvalue weighted by molar-refractivity contribution is 9.10. The van der Waals surface area contributed by atoms with E-state index in [0.29, 0.717) is 54.9 Å². The summed E-state index contributed by atoms with van der Waals surface area (Å²) in [5.41, 5.74) is 4.29. The van der Waals surface area contributed by atoms with Gasteiger partial charge in [-0.2, -0.15) is 4.98 Å². The van der Waals surface area contributed by atoms with Crippen LogP contribution in [0.2, 0.25) is 10.0 Å². The standard InChI is InChI=1S/C30H25BrCl2N4O3S/c1-39-25-14-19(13-20(31)28(25)40-15-17-7-2-4-9-21(17)32)27-26-23(11-6-12-24(26)38)34-29-35-30(36-37(27)29)41-16-18-8-3-5-10-22(18)33/h2-5,7-10,13-14,27H,6,11-12,15-16H2,1H3,(H,34,35,36). The van der Waals surface area contributed by atoms with Crippen molar-refractivity contribution < 1.29 is 14.3 Å². The first kappa shape index (κ1) is 28.2. The lowest BCUT2D eigenvalue weighted by molar-refractivity contribution is -0.116. The topological polar surface area (TPSA) is 78.3 Å². The molecule has 4 aromatic rings. The molecule has 1 unspecified atom stereocenters. The van der Waals surface area contributed by atoms with Crippen LogP contribution in [0.25, 0.3) is 0 Å². The molecule has 210 valence electrons. The average Bonchev–Trinajstić information content (AvgIpc) is 3.38. The minimum Gasteiger partial charge on any atom is -0.493 e. The van der Waals surface area contributed by atoms with Gasteiger partial charge in [-0.15, -0.1) is 5.10 Å². The van der Waals surface area contributed by atoms with Crippen molar-refractivity contribution in [2.24, 2.45) is 0 Å². The predicted octanol–water partition coefficient (Wildman–Crippen LogP) is 8.25. The number of aromatic nitrogens is 3. The van der Waals surface area contributed by atoms with Crippen LogP contribution in [0.5, 0.6) is 11.5 Å². The van der Waals surface area contributed by atoms with Gasteiger partial charge in [0, 0.05) is 39.1 Å². The van der Waals surface area contributed by atoms with Gasteiger partial charge >= 0.3 is 0 Å². The lowest BCUT2D eigenvalue weighted by Crippen LogP contribution is -2.31. The van der Waals surface area contributed by atoms with Crippen LogP contribution in [0.1, 0.15) is 42.0 Å². The highest BCUT2D eigenvalue weighted by atomic mass is 79.9. The van der Waals surface area contributed by atoms with Crippen molar-refractivity contribution in [3.8, 4) is 11.5 Å². The monoisotopic (exact) mass is 670 g/mol. The Morgan fingerprint density at radius 2 is 1.80 bits per heavy atom. The van der Waals surface area contributed by atoms with Gasteiger partial charge in [0.2, 0.25) is 11.1 Å². The van der Waals surface area contributed by atoms with E-state index in [1.807, 2.05) is 60.7 Å². The molecule has 11 heteroatoms. The lowest BCUT2D eigenvalue weighted by Gasteiger charge is -2.32. The minimum absolute atomic E-state index is 0.101. The fourth-order valence-electron chi connectivity index (χ4n) is 5.07. The number of methoxy groups -OCH3 is 1. The summed E-state index contributed by atoms with van der Waals surface area (Å²) in [5, 5.41) is 10.2. The summed E-state index contributed by atoms with van der Waals surface area (Å²) >= 11 is 17.9. The molecule has 41 heavy (non-hydrogen) atoms. The van der Waals surface area contributed by atoms with Crippen LogP contribution in [0.4, 0.5) is 5.95 Å². The van der Waals surface area contributed by atoms with Crippen molar-refractivity contribution in [3.63, 3.8) is 0 Å². The minimum atomic E-state index is -0.473. The Kier molecular flexibility index (Phi) is 8.30. The maximum Gasteiger partial charge on any atom is 0.227 e. The van der Waals surface area contributed by atoms with Crippen LogP contribution >= 0.6 is 50.9 Å². The number of anilines is 1. The number of thioether (sulfide) groups is 1. The third-order valence-corrected chi connectivity index (χ3v) is 9.27. The first-order chi connectivity index (χ1) is 19.9. The second-order valence-corrected chi connectivity index (χ2v) is 12.3. The number of ether oxygens (including phenoxy) is 2. The molecule has 1 aliphatic carbocycles. The van der Waals surface area contributed by atoms with Gasteiger partial charge in [0.25, 0.3) is 0 Å². The number of nitrogens with zero attached hydrogens (tertiary/aromatic N) is 3. The molecule has 7 nitrogen and oxygen atoms in total. The molecule has 6 rings (SSSR count). The fraction of sp³-hybridized carbons (Fsp3) is 0.233. The number of carbonyl (C=O) groups excluding carboxylic acids is 1. The number of halogens is 3. The van der Waals surface area contributed by atoms with Crippen molar-refractivity contribution >= 4 is 62.6 Å². The van der Waals surface area contributed by atoms with E-state index in [1.54, 1.807) is 11.8 Å². The van der Waals surface area contributed by atoms with E-state index in [0.717, 1.165) is 35.2 Å². The van der Waals surface area contributed by atoms with Gasteiger partial charge in [-0.05, 0) is 64.2 Å². The van der Waals surface area contributed by atoms with E-state index in [9.17, 15) is 4.79 Å². The zero-order valence-corrected chi connectivity index (χ0v) is 25.9. The third-order valence-electron chi connectivity index (χ3n) is 7.06. The van der Waals surface area contributed by atoms with E-state index in [4.69, 9.17) is 42.8 Å². The maximum absolute atomic E-state index is 13.3. The molecule has 2 aliphatic rings. The molecule has 0 amide bonds. The number of rotatable bonds is 8. The molecular formula is C30H25BrCl2N4O3S. The Hall–Kier alpha value is -2.98. The van der Waals surface area contributed by atoms with Crippen LogP contribution in [-0.2, 0) is 17.2 Å². The SMILES string of the molecule is COc1cc(C2C3=C(CCCC3=O)Nc3nc(SCc4ccccc4Cl)nn32)cc(Br)c1OCc1ccccc1Cl. The number of nitrogens with one attached hydrogen (secondary N) is 1. The lowest BCUT2D eigenvalue weighted by atomic mass is 9.85. The molecule has 3 aromatic carbocycles. The molecule has 1 N–H and O–H groups in total. The largest absolute Gasteiger partial charge is 0.493 e. The molecule has 0 bridgehead atoms. The molecule has 0 saturated carbocycles. The molecule has 0 saturated heterocycles. The van der Waals surface area contributed by atoms with Crippen LogP contribution in [0, 0.1) is 0 Å². The number of Topliss-reactive ketones (excluding diaryl/α,β-unsaturated/α-hetero) is 1. The number of carbonyl (C=O) groups is 1. The van der Waals surface area contributed by atoms with Gasteiger partial charge in [-0.3, -0.25) is 4.79 Å². The van der Waals surface area contributed by atoms with Crippen LogP contribution < -0.4 is 14.8 Å². The summed E-state index contributed by atoms with van der Waals surface area (Å²) < 4.78 is 14.4. The Morgan fingerprint density at radius 1 is 1.07 bits per heavy atom. The number of hydrogen-bond acceptors (Lipinski definition) is 7. The van der Waals surface area contributed by atoms with Gasteiger partial charge in [0.15, 0.2) is 17.3 Å². The number of ketones is 1. The van der Waals surface area contributed by atoms with E-state index < -0.39 is 6.04 Å². The smallest absolute Gasteiger partial charge is 0.227 e. The van der Waals surface area contributed by atoms with E-state index in [1.165, 1.54) is 11.8 Å². The summed E-state index contributed by atoms with van der Waals surface area (Å²) in [6.07, 6.45) is 2.05. The summed E-state index contributed by atoms with van der Waals surface area (Å²) in [4.78, 5) is 18.1. The van der Waals surface area contributed by atoms with Crippen LogP contribution in [-0.4, -0.2) is 27.7 Å². The molecule has 1 aromatic heterocycles. The van der Waals surface area contributed by atoms with Gasteiger partial charge < -0.3 is 14.8 Å². The zero-order valence-electron chi connectivity index (χ0n) is 22.0. The van der Waals surface area contributed by atoms with Crippen molar-refractivity contribution in [2.45, 2.75) is 42.8 Å². The second-order valence-electron chi connectivity index (χ2n) is 9.65. The Morgan fingerprint density at radius 3 is 2.54 bits per heavy atom. The summed E-state index contributed by atoms with van der Waals surface area (Å²) in [7, 11) is 1.59. The van der Waals surface area contributed by atoms with E-state index in [2.05, 4.69) is 21.2 Å².